The molecule has 0 aliphatic heterocycles. The summed E-state index contributed by atoms with van der Waals surface area (Å²) in [5.74, 6) is 3.17. The molecule has 0 bridgehead atoms. The molecule has 1 atom stereocenters. The Labute approximate surface area is 99.2 Å². The Morgan fingerprint density at radius 3 is 2.27 bits per heavy atom. The third-order valence-corrected chi connectivity index (χ3v) is 3.69. The number of thioether (sulfide) groups is 1. The quantitative estimate of drug-likeness (QED) is 0.676. The van der Waals surface area contributed by atoms with Gasteiger partial charge in [-0.2, -0.15) is 11.8 Å². The van der Waals surface area contributed by atoms with Crippen LogP contribution in [-0.2, 0) is 0 Å². The lowest BCUT2D eigenvalue weighted by Gasteiger charge is -2.19. The molecule has 0 unspecified atom stereocenters. The summed E-state index contributed by atoms with van der Waals surface area (Å²) in [5.41, 5.74) is -0.544. The second-order valence-corrected chi connectivity index (χ2v) is 6.42. The molecule has 2 N–H and O–H groups in total. The van der Waals surface area contributed by atoms with Gasteiger partial charge in [0.1, 0.15) is 0 Å². The monoisotopic (exact) mass is 233 g/mol. The van der Waals surface area contributed by atoms with Gasteiger partial charge in [-0.25, -0.2) is 0 Å². The number of aliphatic hydroxyl groups is 1. The van der Waals surface area contributed by atoms with E-state index in [0.29, 0.717) is 6.04 Å². The third kappa shape index (κ3) is 12.2. The van der Waals surface area contributed by atoms with Crippen molar-refractivity contribution < 1.29 is 5.11 Å². The molecular weight excluding hydrogens is 206 g/mol. The molecule has 0 aromatic heterocycles. The van der Waals surface area contributed by atoms with Crippen LogP contribution in [0.2, 0.25) is 0 Å². The first kappa shape index (κ1) is 15.3. The van der Waals surface area contributed by atoms with Crippen molar-refractivity contribution in [1.82, 2.24) is 5.32 Å². The summed E-state index contributed by atoms with van der Waals surface area (Å²) in [4.78, 5) is 0. The lowest BCUT2D eigenvalue weighted by Crippen LogP contribution is -2.33. The summed E-state index contributed by atoms with van der Waals surface area (Å²) in [6.07, 6.45) is 0.812. The van der Waals surface area contributed by atoms with Crippen LogP contribution < -0.4 is 5.32 Å². The van der Waals surface area contributed by atoms with Gasteiger partial charge in [0.15, 0.2) is 0 Å². The molecule has 0 rings (SSSR count). The number of nitrogens with one attached hydrogen (secondary N) is 1. The third-order valence-electron chi connectivity index (χ3n) is 2.05. The van der Waals surface area contributed by atoms with Crippen LogP contribution in [0, 0.1) is 5.92 Å². The van der Waals surface area contributed by atoms with Crippen LogP contribution in [0.25, 0.3) is 0 Å². The molecule has 0 fully saturated rings. The fraction of sp³-hybridized carbons (Fsp3) is 1.00. The van der Waals surface area contributed by atoms with Crippen LogP contribution in [-0.4, -0.2) is 34.8 Å². The predicted octanol–water partition coefficient (Wildman–Crippen LogP) is 2.51. The van der Waals surface area contributed by atoms with Gasteiger partial charge in [0.2, 0.25) is 0 Å². The van der Waals surface area contributed by atoms with Crippen LogP contribution >= 0.6 is 11.8 Å². The summed E-state index contributed by atoms with van der Waals surface area (Å²) in [7, 11) is 0. The van der Waals surface area contributed by atoms with E-state index < -0.39 is 5.60 Å². The standard InChI is InChI=1S/C12H27NOS/c1-10(2)8-15-9-11(3)13-7-6-12(4,5)14/h10-11,13-14H,6-9H2,1-5H3/t11-/m0/s1. The smallest absolute Gasteiger partial charge is 0.0603 e. The Hall–Kier alpha value is 0.270. The van der Waals surface area contributed by atoms with Gasteiger partial charge in [0.05, 0.1) is 5.60 Å². The molecule has 0 aromatic rings. The highest BCUT2D eigenvalue weighted by Crippen LogP contribution is 2.09. The maximum Gasteiger partial charge on any atom is 0.0603 e. The maximum atomic E-state index is 9.53. The second-order valence-electron chi connectivity index (χ2n) is 5.35. The second kappa shape index (κ2) is 7.53. The van der Waals surface area contributed by atoms with Crippen molar-refractivity contribution in [2.75, 3.05) is 18.1 Å². The topological polar surface area (TPSA) is 32.3 Å². The fourth-order valence-corrected chi connectivity index (χ4v) is 2.24. The molecule has 0 aliphatic carbocycles. The summed E-state index contributed by atoms with van der Waals surface area (Å²) in [5, 5.41) is 13.0. The first-order valence-corrected chi connectivity index (χ1v) is 7.00. The zero-order valence-electron chi connectivity index (χ0n) is 10.8. The van der Waals surface area contributed by atoms with E-state index in [9.17, 15) is 5.11 Å². The summed E-state index contributed by atoms with van der Waals surface area (Å²) >= 11 is 2.00. The molecule has 0 aliphatic rings. The number of hydrogen-bond acceptors (Lipinski definition) is 3. The van der Waals surface area contributed by atoms with E-state index in [1.807, 2.05) is 25.6 Å². The SMILES string of the molecule is CC(C)CSC[C@H](C)NCCC(C)(C)O. The molecule has 0 amide bonds. The van der Waals surface area contributed by atoms with E-state index in [-0.39, 0.29) is 0 Å². The van der Waals surface area contributed by atoms with Crippen LogP contribution in [0.5, 0.6) is 0 Å². The van der Waals surface area contributed by atoms with Gasteiger partial charge >= 0.3 is 0 Å². The molecule has 0 saturated heterocycles. The molecule has 0 radical (unpaired) electrons. The average molecular weight is 233 g/mol. The zero-order chi connectivity index (χ0) is 11.9. The summed E-state index contributed by atoms with van der Waals surface area (Å²) in [6.45, 7) is 11.3. The Morgan fingerprint density at radius 1 is 1.20 bits per heavy atom. The molecule has 0 heterocycles. The Kier molecular flexibility index (Phi) is 7.66. The average Bonchev–Trinajstić information content (AvgIpc) is 2.00. The van der Waals surface area contributed by atoms with Crippen molar-refractivity contribution in [3.8, 4) is 0 Å². The van der Waals surface area contributed by atoms with Gasteiger partial charge in [-0.1, -0.05) is 13.8 Å². The van der Waals surface area contributed by atoms with Gasteiger partial charge in [-0.15, -0.1) is 0 Å². The van der Waals surface area contributed by atoms with Crippen LogP contribution in [0.15, 0.2) is 0 Å². The summed E-state index contributed by atoms with van der Waals surface area (Å²) in [6, 6.07) is 0.538. The van der Waals surface area contributed by atoms with E-state index in [1.54, 1.807) is 0 Å². The molecule has 2 nitrogen and oxygen atoms in total. The minimum Gasteiger partial charge on any atom is -0.390 e. The largest absolute Gasteiger partial charge is 0.390 e. The van der Waals surface area contributed by atoms with Crippen molar-refractivity contribution in [2.24, 2.45) is 5.92 Å². The van der Waals surface area contributed by atoms with E-state index in [4.69, 9.17) is 0 Å². The zero-order valence-corrected chi connectivity index (χ0v) is 11.7. The molecule has 92 valence electrons. The van der Waals surface area contributed by atoms with Crippen molar-refractivity contribution >= 4 is 11.8 Å². The van der Waals surface area contributed by atoms with E-state index in [2.05, 4.69) is 26.1 Å². The highest BCUT2D eigenvalue weighted by Gasteiger charge is 2.12. The van der Waals surface area contributed by atoms with E-state index >= 15 is 0 Å². The number of rotatable bonds is 8. The molecular formula is C12H27NOS. The van der Waals surface area contributed by atoms with Gasteiger partial charge in [0, 0.05) is 11.8 Å². The van der Waals surface area contributed by atoms with Crippen LogP contribution in [0.3, 0.4) is 0 Å². The fourth-order valence-electron chi connectivity index (χ4n) is 1.16. The summed E-state index contributed by atoms with van der Waals surface area (Å²) < 4.78 is 0. The van der Waals surface area contributed by atoms with Crippen LogP contribution in [0.1, 0.15) is 41.0 Å². The lowest BCUT2D eigenvalue weighted by molar-refractivity contribution is 0.0707. The predicted molar refractivity (Wildman–Crippen MR) is 70.5 cm³/mol. The molecule has 3 heteroatoms. The molecule has 0 spiro atoms. The first-order valence-electron chi connectivity index (χ1n) is 5.85. The normalized spacial score (nSPS) is 14.6. The molecule has 15 heavy (non-hydrogen) atoms. The van der Waals surface area contributed by atoms with Crippen molar-refractivity contribution in [2.45, 2.75) is 52.7 Å². The number of hydrogen-bond donors (Lipinski definition) is 2. The van der Waals surface area contributed by atoms with Gasteiger partial charge in [-0.05, 0) is 45.4 Å². The highest BCUT2D eigenvalue weighted by atomic mass is 32.2. The minimum absolute atomic E-state index is 0.538. The molecule has 0 saturated carbocycles. The molecule has 0 aromatic carbocycles. The Balaban J connectivity index is 3.37. The van der Waals surface area contributed by atoms with Crippen molar-refractivity contribution in [3.05, 3.63) is 0 Å². The maximum absolute atomic E-state index is 9.53. The van der Waals surface area contributed by atoms with Gasteiger partial charge in [-0.3, -0.25) is 0 Å². The van der Waals surface area contributed by atoms with Crippen molar-refractivity contribution in [3.63, 3.8) is 0 Å². The first-order chi connectivity index (χ1) is 6.81. The highest BCUT2D eigenvalue weighted by molar-refractivity contribution is 7.99. The van der Waals surface area contributed by atoms with Crippen LogP contribution in [0.4, 0.5) is 0 Å². The Bertz CT molecular complexity index is 154. The lowest BCUT2D eigenvalue weighted by atomic mass is 10.1. The van der Waals surface area contributed by atoms with Gasteiger partial charge in [0.25, 0.3) is 0 Å². The minimum atomic E-state index is -0.544. The van der Waals surface area contributed by atoms with Crippen molar-refractivity contribution in [1.29, 1.82) is 0 Å². The van der Waals surface area contributed by atoms with Gasteiger partial charge < -0.3 is 10.4 Å². The van der Waals surface area contributed by atoms with E-state index in [0.717, 1.165) is 24.6 Å². The Morgan fingerprint density at radius 2 is 1.80 bits per heavy atom. The van der Waals surface area contributed by atoms with E-state index in [1.165, 1.54) is 5.75 Å².